The maximum absolute atomic E-state index is 12.4. The van der Waals surface area contributed by atoms with E-state index in [1.54, 1.807) is 35.6 Å². The zero-order valence-electron chi connectivity index (χ0n) is 14.3. The van der Waals surface area contributed by atoms with Crippen molar-refractivity contribution in [2.75, 3.05) is 7.11 Å². The van der Waals surface area contributed by atoms with Gasteiger partial charge in [0.15, 0.2) is 0 Å². The Balaban J connectivity index is 1.57. The largest absolute Gasteiger partial charge is 0.465 e. The molecule has 134 valence electrons. The van der Waals surface area contributed by atoms with Crippen LogP contribution >= 0.6 is 23.1 Å². The maximum Gasteiger partial charge on any atom is 0.337 e. The molecular formula is C18H17N3O3S2. The number of rotatable bonds is 6. The number of thiophene rings is 1. The molecule has 0 radical (unpaired) electrons. The van der Waals surface area contributed by atoms with Crippen molar-refractivity contribution in [1.29, 1.82) is 0 Å². The minimum atomic E-state index is -0.379. The van der Waals surface area contributed by atoms with Crippen LogP contribution in [0.15, 0.2) is 47.1 Å². The van der Waals surface area contributed by atoms with Gasteiger partial charge in [-0.2, -0.15) is 0 Å². The van der Waals surface area contributed by atoms with Crippen molar-refractivity contribution in [1.82, 2.24) is 15.3 Å². The Labute approximate surface area is 159 Å². The molecule has 0 unspecified atom stereocenters. The fourth-order valence-corrected chi connectivity index (χ4v) is 4.14. The van der Waals surface area contributed by atoms with Crippen LogP contribution in [-0.2, 0) is 16.1 Å². The average Bonchev–Trinajstić information content (AvgIpc) is 3.15. The summed E-state index contributed by atoms with van der Waals surface area (Å²) in [6.07, 6.45) is 1.52. The smallest absolute Gasteiger partial charge is 0.337 e. The van der Waals surface area contributed by atoms with E-state index in [4.69, 9.17) is 0 Å². The van der Waals surface area contributed by atoms with Crippen molar-refractivity contribution in [3.8, 4) is 0 Å². The van der Waals surface area contributed by atoms with E-state index < -0.39 is 0 Å². The molecule has 0 saturated heterocycles. The SMILES string of the molecule is COC(=O)c1ccc(CNC(=O)[C@@H](C)Sc2ncnc3ccsc23)cc1. The molecule has 3 aromatic rings. The van der Waals surface area contributed by atoms with E-state index in [2.05, 4.69) is 20.0 Å². The summed E-state index contributed by atoms with van der Waals surface area (Å²) in [5.74, 6) is -0.453. The van der Waals surface area contributed by atoms with Crippen molar-refractivity contribution >= 4 is 45.2 Å². The van der Waals surface area contributed by atoms with Gasteiger partial charge in [0.25, 0.3) is 0 Å². The van der Waals surface area contributed by atoms with E-state index in [-0.39, 0.29) is 17.1 Å². The summed E-state index contributed by atoms with van der Waals surface area (Å²) < 4.78 is 5.66. The second-order valence-corrected chi connectivity index (χ2v) is 7.73. The Hall–Kier alpha value is -2.45. The number of benzene rings is 1. The Morgan fingerprint density at radius 1 is 1.23 bits per heavy atom. The van der Waals surface area contributed by atoms with Gasteiger partial charge in [0, 0.05) is 6.54 Å². The number of nitrogens with one attached hydrogen (secondary N) is 1. The number of thioether (sulfide) groups is 1. The summed E-state index contributed by atoms with van der Waals surface area (Å²) in [5, 5.41) is 5.40. The third kappa shape index (κ3) is 4.20. The van der Waals surface area contributed by atoms with Crippen molar-refractivity contribution in [3.63, 3.8) is 0 Å². The molecule has 1 amide bonds. The van der Waals surface area contributed by atoms with Gasteiger partial charge in [-0.25, -0.2) is 14.8 Å². The van der Waals surface area contributed by atoms with Crippen LogP contribution in [0.2, 0.25) is 0 Å². The number of esters is 1. The number of aromatic nitrogens is 2. The molecule has 0 aliphatic rings. The number of fused-ring (bicyclic) bond motifs is 1. The Bertz CT molecular complexity index is 925. The Morgan fingerprint density at radius 3 is 2.73 bits per heavy atom. The van der Waals surface area contributed by atoms with Gasteiger partial charge < -0.3 is 10.1 Å². The van der Waals surface area contributed by atoms with Crippen LogP contribution in [0, 0.1) is 0 Å². The van der Waals surface area contributed by atoms with Crippen LogP contribution in [0.5, 0.6) is 0 Å². The topological polar surface area (TPSA) is 81.2 Å². The summed E-state index contributed by atoms with van der Waals surface area (Å²) in [5.41, 5.74) is 2.28. The fraction of sp³-hybridized carbons (Fsp3) is 0.222. The minimum Gasteiger partial charge on any atom is -0.465 e. The van der Waals surface area contributed by atoms with Crippen molar-refractivity contribution in [3.05, 3.63) is 53.2 Å². The van der Waals surface area contributed by atoms with Crippen LogP contribution in [0.1, 0.15) is 22.8 Å². The van der Waals surface area contributed by atoms with Crippen LogP contribution in [0.4, 0.5) is 0 Å². The van der Waals surface area contributed by atoms with E-state index in [1.165, 1.54) is 25.2 Å². The predicted octanol–water partition coefficient (Wildman–Crippen LogP) is 3.27. The highest BCUT2D eigenvalue weighted by atomic mass is 32.2. The number of methoxy groups -OCH3 is 1. The van der Waals surface area contributed by atoms with Gasteiger partial charge in [-0.05, 0) is 36.1 Å². The lowest BCUT2D eigenvalue weighted by molar-refractivity contribution is -0.120. The first-order valence-electron chi connectivity index (χ1n) is 7.88. The van der Waals surface area contributed by atoms with E-state index in [9.17, 15) is 9.59 Å². The predicted molar refractivity (Wildman–Crippen MR) is 102 cm³/mol. The lowest BCUT2D eigenvalue weighted by Gasteiger charge is -2.12. The van der Waals surface area contributed by atoms with Gasteiger partial charge in [0.05, 0.1) is 28.1 Å². The van der Waals surface area contributed by atoms with Crippen LogP contribution < -0.4 is 5.32 Å². The van der Waals surface area contributed by atoms with Gasteiger partial charge in [-0.1, -0.05) is 23.9 Å². The number of carbonyl (C=O) groups is 2. The third-order valence-electron chi connectivity index (χ3n) is 3.71. The number of amides is 1. The highest BCUT2D eigenvalue weighted by Crippen LogP contribution is 2.31. The van der Waals surface area contributed by atoms with Crippen molar-refractivity contribution in [2.45, 2.75) is 23.7 Å². The second-order valence-electron chi connectivity index (χ2n) is 5.48. The molecule has 8 heteroatoms. The Morgan fingerprint density at radius 2 is 2.00 bits per heavy atom. The summed E-state index contributed by atoms with van der Waals surface area (Å²) >= 11 is 2.98. The summed E-state index contributed by atoms with van der Waals surface area (Å²) in [4.78, 5) is 32.3. The third-order valence-corrected chi connectivity index (χ3v) is 5.85. The van der Waals surface area contributed by atoms with Crippen molar-refractivity contribution < 1.29 is 14.3 Å². The summed E-state index contributed by atoms with van der Waals surface area (Å²) in [7, 11) is 1.34. The van der Waals surface area contributed by atoms with E-state index in [0.717, 1.165) is 20.8 Å². The molecule has 0 fully saturated rings. The van der Waals surface area contributed by atoms with Crippen LogP contribution in [0.25, 0.3) is 10.2 Å². The first-order valence-corrected chi connectivity index (χ1v) is 9.64. The van der Waals surface area contributed by atoms with Gasteiger partial charge in [-0.3, -0.25) is 4.79 Å². The first kappa shape index (κ1) is 18.3. The van der Waals surface area contributed by atoms with Crippen LogP contribution in [-0.4, -0.2) is 34.2 Å². The molecule has 3 rings (SSSR count). The van der Waals surface area contributed by atoms with Crippen molar-refractivity contribution in [2.24, 2.45) is 0 Å². The van der Waals surface area contributed by atoms with Gasteiger partial charge in [-0.15, -0.1) is 11.3 Å². The quantitative estimate of drug-likeness (QED) is 0.397. The van der Waals surface area contributed by atoms with Gasteiger partial charge in [0.2, 0.25) is 5.91 Å². The normalized spacial score (nSPS) is 11.9. The molecule has 1 N–H and O–H groups in total. The molecule has 26 heavy (non-hydrogen) atoms. The average molecular weight is 387 g/mol. The molecule has 6 nitrogen and oxygen atoms in total. The summed E-state index contributed by atoms with van der Waals surface area (Å²) in [6.45, 7) is 2.24. The minimum absolute atomic E-state index is 0.0737. The molecule has 0 bridgehead atoms. The molecular weight excluding hydrogens is 370 g/mol. The molecule has 0 saturated carbocycles. The number of carbonyl (C=O) groups excluding carboxylic acids is 2. The first-order chi connectivity index (χ1) is 12.6. The molecule has 1 aromatic carbocycles. The lowest BCUT2D eigenvalue weighted by Crippen LogP contribution is -2.30. The molecule has 2 aromatic heterocycles. The van der Waals surface area contributed by atoms with Gasteiger partial charge >= 0.3 is 5.97 Å². The number of ether oxygens (including phenoxy) is 1. The number of hydrogen-bond acceptors (Lipinski definition) is 7. The monoisotopic (exact) mass is 387 g/mol. The highest BCUT2D eigenvalue weighted by Gasteiger charge is 2.17. The second kappa shape index (κ2) is 8.29. The molecule has 0 spiro atoms. The lowest BCUT2D eigenvalue weighted by atomic mass is 10.1. The van der Waals surface area contributed by atoms with E-state index in [1.807, 2.05) is 18.4 Å². The molecule has 2 heterocycles. The molecule has 1 atom stereocenters. The maximum atomic E-state index is 12.4. The zero-order chi connectivity index (χ0) is 18.5. The number of hydrogen-bond donors (Lipinski definition) is 1. The number of nitrogens with zero attached hydrogens (tertiary/aromatic N) is 2. The molecule has 0 aliphatic heterocycles. The van der Waals surface area contributed by atoms with Gasteiger partial charge in [0.1, 0.15) is 11.4 Å². The standard InChI is InChI=1S/C18H17N3O3S2/c1-11(26-17-15-14(7-8-25-15)20-10-21-17)16(22)19-9-12-3-5-13(6-4-12)18(23)24-2/h3-8,10-11H,9H2,1-2H3,(H,19,22)/t11-/m1/s1. The Kier molecular flexibility index (Phi) is 5.85. The van der Waals surface area contributed by atoms with Crippen LogP contribution in [0.3, 0.4) is 0 Å². The fourth-order valence-electron chi connectivity index (χ4n) is 2.28. The van der Waals surface area contributed by atoms with E-state index >= 15 is 0 Å². The van der Waals surface area contributed by atoms with E-state index in [0.29, 0.717) is 12.1 Å². The molecule has 0 aliphatic carbocycles. The zero-order valence-corrected chi connectivity index (χ0v) is 15.9. The summed E-state index contributed by atoms with van der Waals surface area (Å²) in [6, 6.07) is 8.89. The highest BCUT2D eigenvalue weighted by molar-refractivity contribution is 8.00.